The van der Waals surface area contributed by atoms with Gasteiger partial charge in [-0.15, -0.1) is 0 Å². The van der Waals surface area contributed by atoms with Crippen LogP contribution in [0.5, 0.6) is 0 Å². The molecule has 1 fully saturated rings. The molecule has 1 aliphatic carbocycles. The molecule has 0 spiro atoms. The summed E-state index contributed by atoms with van der Waals surface area (Å²) in [6.07, 6.45) is 2.80. The number of ether oxygens (including phenoxy) is 2. The zero-order valence-corrected chi connectivity index (χ0v) is 8.97. The van der Waals surface area contributed by atoms with Crippen molar-refractivity contribution in [3.63, 3.8) is 0 Å². The first-order valence-corrected chi connectivity index (χ1v) is 5.15. The van der Waals surface area contributed by atoms with Crippen molar-refractivity contribution in [2.45, 2.75) is 38.7 Å². The summed E-state index contributed by atoms with van der Waals surface area (Å²) in [5, 5.41) is 2.63. The molecule has 1 aliphatic rings. The van der Waals surface area contributed by atoms with E-state index in [2.05, 4.69) is 12.2 Å². The molecule has 14 heavy (non-hydrogen) atoms. The highest BCUT2D eigenvalue weighted by Gasteiger charge is 2.38. The van der Waals surface area contributed by atoms with E-state index in [9.17, 15) is 4.79 Å². The summed E-state index contributed by atoms with van der Waals surface area (Å²) in [6.45, 7) is 5.35. The standard InChI is InChI=1S/C10H19NO3/c1-3-9(12)11-8-13-6-7-14-10(2)4-5-10/h3-8H2,1-2H3,(H,11,12). The Hall–Kier alpha value is -0.610. The maximum Gasteiger partial charge on any atom is 0.221 e. The summed E-state index contributed by atoms with van der Waals surface area (Å²) in [7, 11) is 0. The van der Waals surface area contributed by atoms with Gasteiger partial charge < -0.3 is 14.8 Å². The van der Waals surface area contributed by atoms with Crippen LogP contribution in [0.15, 0.2) is 0 Å². The molecule has 0 aromatic rings. The van der Waals surface area contributed by atoms with Crippen molar-refractivity contribution in [2.75, 3.05) is 19.9 Å². The number of amides is 1. The van der Waals surface area contributed by atoms with Gasteiger partial charge in [0.15, 0.2) is 0 Å². The minimum absolute atomic E-state index is 0.0140. The Balaban J connectivity index is 1.82. The summed E-state index contributed by atoms with van der Waals surface area (Å²) in [5.74, 6) is 0.0140. The van der Waals surface area contributed by atoms with Gasteiger partial charge in [0, 0.05) is 6.42 Å². The summed E-state index contributed by atoms with van der Waals surface area (Å²) >= 11 is 0. The molecule has 1 N–H and O–H groups in total. The van der Waals surface area contributed by atoms with E-state index in [4.69, 9.17) is 9.47 Å². The molecule has 0 unspecified atom stereocenters. The normalized spacial score (nSPS) is 17.9. The van der Waals surface area contributed by atoms with Crippen molar-refractivity contribution >= 4 is 5.91 Å². The Bertz CT molecular complexity index is 190. The first kappa shape index (κ1) is 11.5. The number of rotatable bonds is 7. The van der Waals surface area contributed by atoms with Gasteiger partial charge in [0.1, 0.15) is 6.73 Å². The quantitative estimate of drug-likeness (QED) is 0.495. The second-order valence-corrected chi connectivity index (χ2v) is 3.80. The fraction of sp³-hybridized carbons (Fsp3) is 0.900. The van der Waals surface area contributed by atoms with Gasteiger partial charge in [-0.2, -0.15) is 0 Å². The highest BCUT2D eigenvalue weighted by atomic mass is 16.5. The third-order valence-corrected chi connectivity index (χ3v) is 2.32. The van der Waals surface area contributed by atoms with Gasteiger partial charge in [-0.25, -0.2) is 0 Å². The molecular formula is C10H19NO3. The van der Waals surface area contributed by atoms with Gasteiger partial charge in [0.25, 0.3) is 0 Å². The lowest BCUT2D eigenvalue weighted by Gasteiger charge is -2.10. The number of nitrogens with one attached hydrogen (secondary N) is 1. The van der Waals surface area contributed by atoms with Crippen molar-refractivity contribution in [3.05, 3.63) is 0 Å². The van der Waals surface area contributed by atoms with E-state index in [0.717, 1.165) is 12.8 Å². The first-order valence-electron chi connectivity index (χ1n) is 5.15. The number of carbonyl (C=O) groups excluding carboxylic acids is 1. The van der Waals surface area contributed by atoms with E-state index in [1.807, 2.05) is 6.92 Å². The lowest BCUT2D eigenvalue weighted by atomic mass is 10.4. The predicted octanol–water partition coefficient (Wildman–Crippen LogP) is 1.06. The van der Waals surface area contributed by atoms with Crippen molar-refractivity contribution in [1.82, 2.24) is 5.32 Å². The maximum atomic E-state index is 10.8. The average molecular weight is 201 g/mol. The van der Waals surface area contributed by atoms with Gasteiger partial charge in [0.2, 0.25) is 5.91 Å². The Kier molecular flexibility index (Phi) is 4.35. The summed E-state index contributed by atoms with van der Waals surface area (Å²) in [5.41, 5.74) is 0.121. The number of carbonyl (C=O) groups is 1. The highest BCUT2D eigenvalue weighted by molar-refractivity contribution is 5.75. The molecule has 1 rings (SSSR count). The second-order valence-electron chi connectivity index (χ2n) is 3.80. The Morgan fingerprint density at radius 1 is 1.43 bits per heavy atom. The summed E-state index contributed by atoms with van der Waals surface area (Å²) in [6, 6.07) is 0. The maximum absolute atomic E-state index is 10.8. The van der Waals surface area contributed by atoms with Crippen molar-refractivity contribution < 1.29 is 14.3 Å². The molecule has 0 heterocycles. The molecule has 1 amide bonds. The van der Waals surface area contributed by atoms with Crippen LogP contribution in [-0.2, 0) is 14.3 Å². The van der Waals surface area contributed by atoms with Crippen LogP contribution in [0.25, 0.3) is 0 Å². The lowest BCUT2D eigenvalue weighted by molar-refractivity contribution is -0.122. The fourth-order valence-corrected chi connectivity index (χ4v) is 0.996. The third kappa shape index (κ3) is 4.58. The van der Waals surface area contributed by atoms with Crippen LogP contribution in [-0.4, -0.2) is 31.5 Å². The van der Waals surface area contributed by atoms with Crippen molar-refractivity contribution in [2.24, 2.45) is 0 Å². The molecule has 4 heteroatoms. The van der Waals surface area contributed by atoms with Crippen LogP contribution in [0.4, 0.5) is 0 Å². The highest BCUT2D eigenvalue weighted by Crippen LogP contribution is 2.38. The van der Waals surface area contributed by atoms with E-state index >= 15 is 0 Å². The molecule has 1 saturated carbocycles. The van der Waals surface area contributed by atoms with Crippen LogP contribution in [0.1, 0.15) is 33.1 Å². The van der Waals surface area contributed by atoms with Crippen molar-refractivity contribution in [1.29, 1.82) is 0 Å². The minimum atomic E-state index is 0.0140. The molecule has 0 saturated heterocycles. The molecule has 82 valence electrons. The molecular weight excluding hydrogens is 182 g/mol. The lowest BCUT2D eigenvalue weighted by Crippen LogP contribution is -2.26. The zero-order chi connectivity index (χ0) is 10.4. The van der Waals surface area contributed by atoms with Gasteiger partial charge >= 0.3 is 0 Å². The van der Waals surface area contributed by atoms with Gasteiger partial charge in [-0.05, 0) is 19.8 Å². The minimum Gasteiger partial charge on any atom is -0.373 e. The smallest absolute Gasteiger partial charge is 0.221 e. The topological polar surface area (TPSA) is 47.6 Å². The molecule has 0 bridgehead atoms. The van der Waals surface area contributed by atoms with Gasteiger partial charge in [-0.1, -0.05) is 6.92 Å². The van der Waals surface area contributed by atoms with Crippen LogP contribution in [0.3, 0.4) is 0 Å². The summed E-state index contributed by atoms with van der Waals surface area (Å²) < 4.78 is 10.7. The van der Waals surface area contributed by atoms with E-state index in [0.29, 0.717) is 19.6 Å². The first-order chi connectivity index (χ1) is 6.66. The Morgan fingerprint density at radius 3 is 2.71 bits per heavy atom. The fourth-order valence-electron chi connectivity index (χ4n) is 0.996. The molecule has 0 aliphatic heterocycles. The number of hydrogen-bond acceptors (Lipinski definition) is 3. The van der Waals surface area contributed by atoms with Gasteiger partial charge in [0.05, 0.1) is 18.8 Å². The van der Waals surface area contributed by atoms with E-state index in [1.165, 1.54) is 0 Å². The van der Waals surface area contributed by atoms with Gasteiger partial charge in [-0.3, -0.25) is 4.79 Å². The van der Waals surface area contributed by atoms with E-state index in [1.54, 1.807) is 0 Å². The SMILES string of the molecule is CCC(=O)NCOCCOC1(C)CC1. The molecule has 0 aromatic heterocycles. The van der Waals surface area contributed by atoms with Crippen LogP contribution in [0.2, 0.25) is 0 Å². The Morgan fingerprint density at radius 2 is 2.14 bits per heavy atom. The zero-order valence-electron chi connectivity index (χ0n) is 8.97. The number of hydrogen-bond donors (Lipinski definition) is 1. The molecule has 4 nitrogen and oxygen atoms in total. The van der Waals surface area contributed by atoms with E-state index < -0.39 is 0 Å². The predicted molar refractivity (Wildman–Crippen MR) is 52.8 cm³/mol. The van der Waals surface area contributed by atoms with E-state index in [-0.39, 0.29) is 18.2 Å². The average Bonchev–Trinajstić information content (AvgIpc) is 2.90. The molecule has 0 atom stereocenters. The second kappa shape index (κ2) is 5.32. The largest absolute Gasteiger partial charge is 0.373 e. The molecule has 0 radical (unpaired) electrons. The molecule has 0 aromatic carbocycles. The van der Waals surface area contributed by atoms with Crippen molar-refractivity contribution in [3.8, 4) is 0 Å². The van der Waals surface area contributed by atoms with Crippen LogP contribution < -0.4 is 5.32 Å². The monoisotopic (exact) mass is 201 g/mol. The third-order valence-electron chi connectivity index (χ3n) is 2.32. The summed E-state index contributed by atoms with van der Waals surface area (Å²) in [4.78, 5) is 10.8. The van der Waals surface area contributed by atoms with Crippen LogP contribution >= 0.6 is 0 Å². The van der Waals surface area contributed by atoms with Crippen LogP contribution in [0, 0.1) is 0 Å². The Labute approximate surface area is 85.0 Å².